The van der Waals surface area contributed by atoms with Gasteiger partial charge in [-0.25, -0.2) is 14.6 Å². The number of nitrogens with one attached hydrogen (secondary N) is 1. The first kappa shape index (κ1) is 21.4. The van der Waals surface area contributed by atoms with Crippen molar-refractivity contribution in [1.82, 2.24) is 15.2 Å². The van der Waals surface area contributed by atoms with Gasteiger partial charge in [0.05, 0.1) is 17.7 Å². The van der Waals surface area contributed by atoms with Crippen LogP contribution in [0.3, 0.4) is 0 Å². The van der Waals surface area contributed by atoms with Crippen molar-refractivity contribution in [3.05, 3.63) is 57.8 Å². The highest BCUT2D eigenvalue weighted by Gasteiger charge is 2.36. The number of aromatic nitrogens is 1. The molecule has 3 aliphatic heterocycles. The predicted octanol–water partition coefficient (Wildman–Crippen LogP) is 2.21. The van der Waals surface area contributed by atoms with Crippen molar-refractivity contribution in [1.29, 1.82) is 5.26 Å². The van der Waals surface area contributed by atoms with E-state index in [0.717, 1.165) is 36.3 Å². The van der Waals surface area contributed by atoms with Crippen LogP contribution < -0.4 is 10.2 Å². The Bertz CT molecular complexity index is 1170. The molecule has 0 spiro atoms. The zero-order valence-corrected chi connectivity index (χ0v) is 18.6. The van der Waals surface area contributed by atoms with Crippen LogP contribution in [0.2, 0.25) is 0 Å². The second-order valence-electron chi connectivity index (χ2n) is 8.73. The summed E-state index contributed by atoms with van der Waals surface area (Å²) in [5, 5.41) is 12.7. The van der Waals surface area contributed by atoms with Crippen LogP contribution in [0.5, 0.6) is 0 Å². The molecule has 2 fully saturated rings. The van der Waals surface area contributed by atoms with E-state index in [0.29, 0.717) is 36.6 Å². The fourth-order valence-corrected chi connectivity index (χ4v) is 4.83. The molecule has 1 aromatic carbocycles. The van der Waals surface area contributed by atoms with Crippen LogP contribution in [0.4, 0.5) is 10.6 Å². The summed E-state index contributed by atoms with van der Waals surface area (Å²) in [4.78, 5) is 32.4. The van der Waals surface area contributed by atoms with Gasteiger partial charge >= 0.3 is 12.1 Å². The summed E-state index contributed by atoms with van der Waals surface area (Å²) >= 11 is 0. The fourth-order valence-electron chi connectivity index (χ4n) is 4.83. The molecule has 1 unspecified atom stereocenters. The van der Waals surface area contributed by atoms with Crippen molar-refractivity contribution >= 4 is 17.9 Å². The van der Waals surface area contributed by atoms with Crippen LogP contribution in [0.25, 0.3) is 0 Å². The number of cyclic esters (lactones) is 2. The summed E-state index contributed by atoms with van der Waals surface area (Å²) in [5.41, 5.74) is 5.17. The highest BCUT2D eigenvalue weighted by molar-refractivity contribution is 5.94. The number of amides is 1. The van der Waals surface area contributed by atoms with Crippen LogP contribution in [0, 0.1) is 25.2 Å². The summed E-state index contributed by atoms with van der Waals surface area (Å²) in [7, 11) is 0. The molecule has 4 heterocycles. The van der Waals surface area contributed by atoms with Gasteiger partial charge in [0.2, 0.25) is 0 Å². The van der Waals surface area contributed by atoms with Crippen molar-refractivity contribution in [2.45, 2.75) is 32.6 Å². The van der Waals surface area contributed by atoms with E-state index in [1.165, 1.54) is 16.7 Å². The van der Waals surface area contributed by atoms with Crippen LogP contribution in [-0.4, -0.2) is 60.8 Å². The maximum absolute atomic E-state index is 12.5. The van der Waals surface area contributed by atoms with Crippen LogP contribution in [-0.2, 0) is 16.1 Å². The first-order chi connectivity index (χ1) is 15.9. The number of pyridine rings is 1. The molecule has 9 heteroatoms. The molecule has 9 nitrogen and oxygen atoms in total. The van der Waals surface area contributed by atoms with Gasteiger partial charge in [0.1, 0.15) is 24.6 Å². The molecule has 0 bridgehead atoms. The van der Waals surface area contributed by atoms with Gasteiger partial charge in [-0.3, -0.25) is 9.80 Å². The molecule has 170 valence electrons. The average molecular weight is 447 g/mol. The van der Waals surface area contributed by atoms with Crippen molar-refractivity contribution in [3.8, 4) is 6.07 Å². The van der Waals surface area contributed by atoms with E-state index in [9.17, 15) is 9.59 Å². The highest BCUT2D eigenvalue weighted by atomic mass is 16.6. The van der Waals surface area contributed by atoms with E-state index in [-0.39, 0.29) is 18.1 Å². The quantitative estimate of drug-likeness (QED) is 0.711. The Hall–Kier alpha value is -3.48. The summed E-state index contributed by atoms with van der Waals surface area (Å²) in [6.45, 7) is 7.69. The van der Waals surface area contributed by atoms with E-state index >= 15 is 0 Å². The van der Waals surface area contributed by atoms with Crippen molar-refractivity contribution in [2.75, 3.05) is 37.6 Å². The number of nitrogens with zero attached hydrogens (tertiary/aromatic N) is 4. The number of anilines is 1. The third kappa shape index (κ3) is 3.92. The molecule has 0 aliphatic carbocycles. The number of piperazine rings is 1. The van der Waals surface area contributed by atoms with Crippen LogP contribution in [0.15, 0.2) is 24.4 Å². The van der Waals surface area contributed by atoms with E-state index in [2.05, 4.69) is 21.3 Å². The molecule has 0 radical (unpaired) electrons. The van der Waals surface area contributed by atoms with Gasteiger partial charge in [0.25, 0.3) is 0 Å². The fraction of sp³-hybridized carbons (Fsp3) is 0.417. The molecule has 1 amide bonds. The van der Waals surface area contributed by atoms with E-state index in [1.807, 2.05) is 26.0 Å². The maximum Gasteiger partial charge on any atom is 0.415 e. The van der Waals surface area contributed by atoms with Gasteiger partial charge in [-0.15, -0.1) is 0 Å². The number of nitriles is 1. The number of hydrogen-bond acceptors (Lipinski definition) is 8. The second-order valence-corrected chi connectivity index (χ2v) is 8.73. The molecule has 5 rings (SSSR count). The van der Waals surface area contributed by atoms with E-state index in [1.54, 1.807) is 6.07 Å². The van der Waals surface area contributed by atoms with Gasteiger partial charge in [-0.1, -0.05) is 6.07 Å². The molecule has 2 aromatic rings. The van der Waals surface area contributed by atoms with Crippen molar-refractivity contribution in [3.63, 3.8) is 0 Å². The lowest BCUT2D eigenvalue weighted by Gasteiger charge is -2.35. The number of ether oxygens (including phenoxy) is 2. The molecule has 2 atom stereocenters. The Kier molecular flexibility index (Phi) is 5.48. The first-order valence-corrected chi connectivity index (χ1v) is 11.0. The van der Waals surface area contributed by atoms with Crippen molar-refractivity contribution < 1.29 is 19.1 Å². The van der Waals surface area contributed by atoms with Crippen molar-refractivity contribution in [2.24, 2.45) is 0 Å². The highest BCUT2D eigenvalue weighted by Crippen LogP contribution is 2.30. The summed E-state index contributed by atoms with van der Waals surface area (Å²) in [6, 6.07) is 7.83. The number of rotatable bonds is 4. The Morgan fingerprint density at radius 2 is 2.12 bits per heavy atom. The monoisotopic (exact) mass is 447 g/mol. The molecule has 1 N–H and O–H groups in total. The molecular weight excluding hydrogens is 422 g/mol. The maximum atomic E-state index is 12.5. The Labute approximate surface area is 191 Å². The largest absolute Gasteiger partial charge is 0.457 e. The SMILES string of the molecule is Cc1cc(N2CC(CN3CCN[C@H](c4ccc5c(c4C)COC5=O)C3)OC2=O)ncc1C#N. The minimum absolute atomic E-state index is 0.121. The van der Waals surface area contributed by atoms with Gasteiger partial charge in [-0.05, 0) is 42.7 Å². The first-order valence-electron chi connectivity index (χ1n) is 11.0. The molecule has 3 aliphatic rings. The molecule has 2 saturated heterocycles. The zero-order chi connectivity index (χ0) is 23.1. The van der Waals surface area contributed by atoms with E-state index < -0.39 is 6.09 Å². The Balaban J connectivity index is 1.25. The third-order valence-corrected chi connectivity index (χ3v) is 6.67. The summed E-state index contributed by atoms with van der Waals surface area (Å²) in [6.07, 6.45) is 0.813. The average Bonchev–Trinajstić information content (AvgIpc) is 3.37. The third-order valence-electron chi connectivity index (χ3n) is 6.67. The zero-order valence-electron chi connectivity index (χ0n) is 18.6. The number of carbonyl (C=O) groups excluding carboxylic acids is 2. The lowest BCUT2D eigenvalue weighted by Crippen LogP contribution is -2.48. The molecule has 1 aromatic heterocycles. The summed E-state index contributed by atoms with van der Waals surface area (Å²) < 4.78 is 10.8. The van der Waals surface area contributed by atoms with Crippen LogP contribution >= 0.6 is 0 Å². The number of benzene rings is 1. The van der Waals surface area contributed by atoms with E-state index in [4.69, 9.17) is 14.7 Å². The second kappa shape index (κ2) is 8.46. The number of aryl methyl sites for hydroxylation is 1. The number of carbonyl (C=O) groups is 2. The summed E-state index contributed by atoms with van der Waals surface area (Å²) in [5.74, 6) is 0.250. The Morgan fingerprint density at radius 3 is 2.91 bits per heavy atom. The minimum atomic E-state index is -0.414. The van der Waals surface area contributed by atoms with Gasteiger partial charge in [-0.2, -0.15) is 5.26 Å². The number of hydrogen-bond donors (Lipinski definition) is 1. The minimum Gasteiger partial charge on any atom is -0.457 e. The smallest absolute Gasteiger partial charge is 0.415 e. The topological polar surface area (TPSA) is 108 Å². The number of esters is 1. The molecule has 0 saturated carbocycles. The lowest BCUT2D eigenvalue weighted by molar-refractivity contribution is 0.0535. The van der Waals surface area contributed by atoms with Gasteiger partial charge < -0.3 is 14.8 Å². The Morgan fingerprint density at radius 1 is 1.27 bits per heavy atom. The lowest BCUT2D eigenvalue weighted by atomic mass is 9.93. The van der Waals surface area contributed by atoms with Gasteiger partial charge in [0.15, 0.2) is 0 Å². The van der Waals surface area contributed by atoms with Crippen LogP contribution in [0.1, 0.15) is 44.2 Å². The molecular formula is C24H25N5O4. The molecule has 33 heavy (non-hydrogen) atoms. The predicted molar refractivity (Wildman–Crippen MR) is 119 cm³/mol. The standard InChI is InChI=1S/C24H25N5O4/c1-14-7-22(27-9-16(14)8-25)29-11-17(33-24(29)31)10-28-6-5-26-21(12-28)18-3-4-19-20(15(18)2)13-32-23(19)30/h3-4,7,9,17,21,26H,5-6,10-13H2,1-2H3/t17?,21-/m0/s1. The normalized spacial score (nSPS) is 22.6. The van der Waals surface area contributed by atoms with Gasteiger partial charge in [0, 0.05) is 44.0 Å². The number of fused-ring (bicyclic) bond motifs is 1.